The molecule has 0 spiro atoms. The number of dihydropyridines is 1. The van der Waals surface area contributed by atoms with Gasteiger partial charge in [-0.2, -0.15) is 5.26 Å². The lowest BCUT2D eigenvalue weighted by atomic mass is 9.92. The molecule has 0 atom stereocenters. The van der Waals surface area contributed by atoms with Crippen molar-refractivity contribution in [2.45, 2.75) is 39.0 Å². The van der Waals surface area contributed by atoms with Gasteiger partial charge in [-0.05, 0) is 49.0 Å². The van der Waals surface area contributed by atoms with Crippen LogP contribution < -0.4 is 5.32 Å². The first kappa shape index (κ1) is 12.7. The highest BCUT2D eigenvalue weighted by Crippen LogP contribution is 2.25. The molecule has 0 fully saturated rings. The van der Waals surface area contributed by atoms with Gasteiger partial charge in [-0.15, -0.1) is 0 Å². The van der Waals surface area contributed by atoms with E-state index < -0.39 is 0 Å². The highest BCUT2D eigenvalue weighted by molar-refractivity contribution is 5.44. The molecule has 2 aliphatic rings. The number of hydrogen-bond donors (Lipinski definition) is 1. The molecular formula is C16H20N2. The van der Waals surface area contributed by atoms with Gasteiger partial charge in [0.1, 0.15) is 0 Å². The summed E-state index contributed by atoms with van der Waals surface area (Å²) in [5, 5.41) is 12.3. The summed E-state index contributed by atoms with van der Waals surface area (Å²) in [6.45, 7) is 3.15. The molecule has 1 N–H and O–H groups in total. The number of nitrogens with one attached hydrogen (secondary N) is 1. The van der Waals surface area contributed by atoms with E-state index in [1.54, 1.807) is 0 Å². The zero-order valence-electron chi connectivity index (χ0n) is 11.0. The molecule has 94 valence electrons. The molecule has 0 radical (unpaired) electrons. The van der Waals surface area contributed by atoms with Crippen molar-refractivity contribution < 1.29 is 0 Å². The predicted octanol–water partition coefficient (Wildman–Crippen LogP) is 3.76. The van der Waals surface area contributed by atoms with Gasteiger partial charge in [0.25, 0.3) is 0 Å². The molecule has 0 aromatic rings. The SMILES string of the molecule is CCCCC1=CC=C(C2=CC=C(C#N)CC2)CN1. The van der Waals surface area contributed by atoms with Gasteiger partial charge in [-0.1, -0.05) is 25.5 Å². The second-order valence-electron chi connectivity index (χ2n) is 4.84. The van der Waals surface area contributed by atoms with Gasteiger partial charge in [0, 0.05) is 17.8 Å². The summed E-state index contributed by atoms with van der Waals surface area (Å²) in [5.74, 6) is 0. The highest BCUT2D eigenvalue weighted by Gasteiger charge is 2.12. The topological polar surface area (TPSA) is 35.8 Å². The molecule has 1 heterocycles. The lowest BCUT2D eigenvalue weighted by Crippen LogP contribution is -2.21. The molecule has 2 nitrogen and oxygen atoms in total. The standard InChI is InChI=1S/C16H20N2/c1-2-3-4-16-10-9-15(12-18-16)14-7-5-13(11-17)6-8-14/h5,7,9-10,18H,2-4,6,8,12H2,1H3. The van der Waals surface area contributed by atoms with Crippen LogP contribution in [0.25, 0.3) is 0 Å². The van der Waals surface area contributed by atoms with Crippen molar-refractivity contribution in [2.75, 3.05) is 6.54 Å². The van der Waals surface area contributed by atoms with Crippen LogP contribution in [0.3, 0.4) is 0 Å². The quantitative estimate of drug-likeness (QED) is 0.812. The summed E-state index contributed by atoms with van der Waals surface area (Å²) in [5.41, 5.74) is 4.98. The van der Waals surface area contributed by atoms with Gasteiger partial charge < -0.3 is 5.32 Å². The number of allylic oxidation sites excluding steroid dienone is 6. The van der Waals surface area contributed by atoms with Crippen LogP contribution in [0.1, 0.15) is 39.0 Å². The maximum atomic E-state index is 8.82. The van der Waals surface area contributed by atoms with Gasteiger partial charge in [0.05, 0.1) is 6.07 Å². The summed E-state index contributed by atoms with van der Waals surface area (Å²) in [6.07, 6.45) is 14.0. The molecule has 0 amide bonds. The van der Waals surface area contributed by atoms with E-state index in [0.717, 1.165) is 31.4 Å². The van der Waals surface area contributed by atoms with E-state index in [1.165, 1.54) is 29.7 Å². The van der Waals surface area contributed by atoms with Crippen LogP contribution in [-0.2, 0) is 0 Å². The monoisotopic (exact) mass is 240 g/mol. The van der Waals surface area contributed by atoms with Gasteiger partial charge in [-0.25, -0.2) is 0 Å². The number of unbranched alkanes of at least 4 members (excludes halogenated alkanes) is 1. The summed E-state index contributed by atoms with van der Waals surface area (Å²) >= 11 is 0. The van der Waals surface area contributed by atoms with Gasteiger partial charge in [0.15, 0.2) is 0 Å². The van der Waals surface area contributed by atoms with Crippen molar-refractivity contribution in [3.63, 3.8) is 0 Å². The Bertz CT molecular complexity index is 470. The molecule has 0 saturated carbocycles. The van der Waals surface area contributed by atoms with E-state index >= 15 is 0 Å². The molecule has 18 heavy (non-hydrogen) atoms. The third-order valence-electron chi connectivity index (χ3n) is 3.50. The fourth-order valence-corrected chi connectivity index (χ4v) is 2.29. The van der Waals surface area contributed by atoms with E-state index in [9.17, 15) is 0 Å². The zero-order valence-corrected chi connectivity index (χ0v) is 11.0. The molecule has 0 aromatic carbocycles. The first-order valence-electron chi connectivity index (χ1n) is 6.77. The molecule has 2 heteroatoms. The van der Waals surface area contributed by atoms with E-state index in [1.807, 2.05) is 6.08 Å². The third-order valence-corrected chi connectivity index (χ3v) is 3.50. The smallest absolute Gasteiger partial charge is 0.0947 e. The minimum absolute atomic E-state index is 0.881. The normalized spacial score (nSPS) is 18.9. The van der Waals surface area contributed by atoms with E-state index in [-0.39, 0.29) is 0 Å². The summed E-state index contributed by atoms with van der Waals surface area (Å²) in [7, 11) is 0. The summed E-state index contributed by atoms with van der Waals surface area (Å²) in [6, 6.07) is 2.23. The zero-order chi connectivity index (χ0) is 12.8. The lowest BCUT2D eigenvalue weighted by molar-refractivity contribution is 0.713. The second-order valence-corrected chi connectivity index (χ2v) is 4.84. The predicted molar refractivity (Wildman–Crippen MR) is 74.7 cm³/mol. The van der Waals surface area contributed by atoms with Crippen molar-refractivity contribution >= 4 is 0 Å². The van der Waals surface area contributed by atoms with Crippen molar-refractivity contribution in [1.82, 2.24) is 5.32 Å². The molecule has 2 rings (SSSR count). The number of hydrogen-bond acceptors (Lipinski definition) is 2. The number of nitrogens with zero attached hydrogens (tertiary/aromatic N) is 1. The van der Waals surface area contributed by atoms with E-state index in [0.29, 0.717) is 0 Å². The maximum absolute atomic E-state index is 8.82. The molecule has 1 aliphatic carbocycles. The van der Waals surface area contributed by atoms with E-state index in [2.05, 4.69) is 36.5 Å². The van der Waals surface area contributed by atoms with Crippen LogP contribution in [0.15, 0.2) is 46.7 Å². The van der Waals surface area contributed by atoms with Crippen LogP contribution >= 0.6 is 0 Å². The van der Waals surface area contributed by atoms with Crippen molar-refractivity contribution in [3.05, 3.63) is 46.7 Å². The van der Waals surface area contributed by atoms with Crippen LogP contribution in [-0.4, -0.2) is 6.54 Å². The Hall–Kier alpha value is -1.75. The van der Waals surface area contributed by atoms with Gasteiger partial charge >= 0.3 is 0 Å². The van der Waals surface area contributed by atoms with Crippen LogP contribution in [0, 0.1) is 11.3 Å². The molecule has 0 saturated heterocycles. The minimum Gasteiger partial charge on any atom is -0.384 e. The first-order valence-corrected chi connectivity index (χ1v) is 6.77. The third kappa shape index (κ3) is 3.13. The highest BCUT2D eigenvalue weighted by atomic mass is 14.9. The molecule has 1 aliphatic heterocycles. The Morgan fingerprint density at radius 2 is 2.00 bits per heavy atom. The maximum Gasteiger partial charge on any atom is 0.0947 e. The van der Waals surface area contributed by atoms with Crippen molar-refractivity contribution in [3.8, 4) is 6.07 Å². The molecular weight excluding hydrogens is 220 g/mol. The van der Waals surface area contributed by atoms with Crippen molar-refractivity contribution in [2.24, 2.45) is 0 Å². The van der Waals surface area contributed by atoms with Crippen LogP contribution in [0.2, 0.25) is 0 Å². The van der Waals surface area contributed by atoms with Gasteiger partial charge in [-0.3, -0.25) is 0 Å². The Kier molecular flexibility index (Phi) is 4.41. The summed E-state index contributed by atoms with van der Waals surface area (Å²) < 4.78 is 0. The average molecular weight is 240 g/mol. The Labute approximate surface area is 109 Å². The van der Waals surface area contributed by atoms with Crippen molar-refractivity contribution in [1.29, 1.82) is 5.26 Å². The molecule has 0 aromatic heterocycles. The second kappa shape index (κ2) is 6.26. The number of nitriles is 1. The Morgan fingerprint density at radius 1 is 1.17 bits per heavy atom. The number of rotatable bonds is 4. The fourth-order valence-electron chi connectivity index (χ4n) is 2.29. The first-order chi connectivity index (χ1) is 8.83. The van der Waals surface area contributed by atoms with Crippen LogP contribution in [0.4, 0.5) is 0 Å². The minimum atomic E-state index is 0.881. The Balaban J connectivity index is 2.02. The van der Waals surface area contributed by atoms with E-state index in [4.69, 9.17) is 5.26 Å². The molecule has 0 unspecified atom stereocenters. The van der Waals surface area contributed by atoms with Crippen LogP contribution in [0.5, 0.6) is 0 Å². The molecule has 0 bridgehead atoms. The average Bonchev–Trinajstić information content (AvgIpc) is 2.46. The largest absolute Gasteiger partial charge is 0.384 e. The summed E-state index contributed by atoms with van der Waals surface area (Å²) in [4.78, 5) is 0. The lowest BCUT2D eigenvalue weighted by Gasteiger charge is -2.20. The van der Waals surface area contributed by atoms with Gasteiger partial charge in [0.2, 0.25) is 0 Å². The Morgan fingerprint density at radius 3 is 2.56 bits per heavy atom. The fraction of sp³-hybridized carbons (Fsp3) is 0.438.